The maximum Gasteiger partial charge on any atom is 0.336 e. The molecule has 2 aliphatic rings. The Kier molecular flexibility index (Phi) is 4.33. The first-order valence-corrected chi connectivity index (χ1v) is 9.76. The fourth-order valence-corrected chi connectivity index (χ4v) is 4.66. The van der Waals surface area contributed by atoms with Gasteiger partial charge in [-0.3, -0.25) is 0 Å². The third-order valence-electron chi connectivity index (χ3n) is 5.28. The average molecular weight is 403 g/mol. The number of halogens is 1. The molecular formula is C19H23BrN4O. The van der Waals surface area contributed by atoms with Crippen LogP contribution in [0, 0.1) is 0 Å². The second-order valence-corrected chi connectivity index (χ2v) is 7.30. The van der Waals surface area contributed by atoms with Crippen molar-refractivity contribution in [1.82, 2.24) is 14.9 Å². The summed E-state index contributed by atoms with van der Waals surface area (Å²) in [7, 11) is 0. The Hall–Kier alpha value is -1.79. The van der Waals surface area contributed by atoms with Gasteiger partial charge in [-0.15, -0.1) is 0 Å². The molecule has 2 amide bonds. The molecule has 2 heterocycles. The highest BCUT2D eigenvalue weighted by Gasteiger charge is 2.31. The second kappa shape index (κ2) is 6.50. The summed E-state index contributed by atoms with van der Waals surface area (Å²) < 4.78 is 2.84. The highest BCUT2D eigenvalue weighted by Crippen LogP contribution is 2.42. The number of fused-ring (bicyclic) bond motifs is 2. The zero-order chi connectivity index (χ0) is 17.6. The van der Waals surface area contributed by atoms with E-state index in [9.17, 15) is 4.79 Å². The highest BCUT2D eigenvalue weighted by atomic mass is 79.9. The van der Waals surface area contributed by atoms with Crippen molar-refractivity contribution in [3.8, 4) is 0 Å². The van der Waals surface area contributed by atoms with E-state index in [2.05, 4.69) is 50.9 Å². The normalized spacial score (nSPS) is 18.7. The smallest absolute Gasteiger partial charge is 0.324 e. The van der Waals surface area contributed by atoms with Gasteiger partial charge in [0, 0.05) is 24.5 Å². The molecule has 25 heavy (non-hydrogen) atoms. The van der Waals surface area contributed by atoms with Crippen LogP contribution in [0.1, 0.15) is 31.4 Å². The number of amides is 2. The molecule has 0 radical (unpaired) electrons. The number of nitrogens with one attached hydrogen (secondary N) is 2. The van der Waals surface area contributed by atoms with Crippen LogP contribution in [-0.4, -0.2) is 41.3 Å². The van der Waals surface area contributed by atoms with E-state index in [1.165, 1.54) is 22.1 Å². The van der Waals surface area contributed by atoms with Crippen LogP contribution in [0.2, 0.25) is 0 Å². The fraction of sp³-hybridized carbons (Fsp3) is 0.421. The van der Waals surface area contributed by atoms with E-state index >= 15 is 0 Å². The molecule has 1 aliphatic carbocycles. The quantitative estimate of drug-likeness (QED) is 0.821. The Balaban J connectivity index is 1.83. The fourth-order valence-electron chi connectivity index (χ4n) is 4.02. The molecule has 1 aromatic carbocycles. The van der Waals surface area contributed by atoms with Gasteiger partial charge in [0.05, 0.1) is 5.52 Å². The largest absolute Gasteiger partial charge is 0.336 e. The number of carbonyl (C=O) groups excluding carboxylic acids is 1. The first-order valence-electron chi connectivity index (χ1n) is 8.97. The third-order valence-corrected chi connectivity index (χ3v) is 6.12. The molecule has 5 nitrogen and oxygen atoms in total. The lowest BCUT2D eigenvalue weighted by Crippen LogP contribution is -2.38. The van der Waals surface area contributed by atoms with Crippen LogP contribution in [0.25, 0.3) is 16.5 Å². The minimum atomic E-state index is -0.0754. The number of aromatic nitrogens is 1. The Labute approximate surface area is 156 Å². The summed E-state index contributed by atoms with van der Waals surface area (Å²) in [6.45, 7) is 6.39. The topological polar surface area (TPSA) is 49.3 Å². The summed E-state index contributed by atoms with van der Waals surface area (Å²) in [5.74, 6) is 0. The molecule has 0 bridgehead atoms. The summed E-state index contributed by atoms with van der Waals surface area (Å²) in [6, 6.07) is 6.63. The molecule has 2 aromatic rings. The summed E-state index contributed by atoms with van der Waals surface area (Å²) in [5.41, 5.74) is 8.05. The van der Waals surface area contributed by atoms with E-state index in [-0.39, 0.29) is 6.03 Å². The molecule has 1 atom stereocenters. The highest BCUT2D eigenvalue weighted by molar-refractivity contribution is 9.10. The van der Waals surface area contributed by atoms with Crippen LogP contribution < -0.4 is 10.7 Å². The van der Waals surface area contributed by atoms with E-state index in [4.69, 9.17) is 0 Å². The molecule has 2 N–H and O–H groups in total. The van der Waals surface area contributed by atoms with Gasteiger partial charge in [-0.2, -0.15) is 0 Å². The number of nitrogens with zero attached hydrogens (tertiary/aromatic N) is 2. The zero-order valence-corrected chi connectivity index (χ0v) is 16.2. The Morgan fingerprint density at radius 1 is 1.40 bits per heavy atom. The van der Waals surface area contributed by atoms with Crippen molar-refractivity contribution in [2.24, 2.45) is 0 Å². The van der Waals surface area contributed by atoms with Crippen molar-refractivity contribution in [3.63, 3.8) is 0 Å². The Morgan fingerprint density at radius 3 is 2.96 bits per heavy atom. The molecule has 132 valence electrons. The summed E-state index contributed by atoms with van der Waals surface area (Å²) in [6.07, 6.45) is 4.37. The van der Waals surface area contributed by atoms with E-state index in [0.29, 0.717) is 19.1 Å². The predicted octanol–water partition coefficient (Wildman–Crippen LogP) is 3.71. The minimum absolute atomic E-state index is 0.0754. The summed E-state index contributed by atoms with van der Waals surface area (Å²) in [5, 5.41) is 4.88. The maximum absolute atomic E-state index is 12.6. The van der Waals surface area contributed by atoms with Crippen LogP contribution in [0.15, 0.2) is 28.9 Å². The third kappa shape index (κ3) is 2.59. The first kappa shape index (κ1) is 16.7. The molecule has 4 rings (SSSR count). The number of rotatable bonds is 3. The van der Waals surface area contributed by atoms with Gasteiger partial charge < -0.3 is 10.2 Å². The van der Waals surface area contributed by atoms with Crippen LogP contribution in [0.4, 0.5) is 4.79 Å². The van der Waals surface area contributed by atoms with Gasteiger partial charge in [0.2, 0.25) is 0 Å². The van der Waals surface area contributed by atoms with Crippen molar-refractivity contribution in [2.75, 3.05) is 25.1 Å². The van der Waals surface area contributed by atoms with Gasteiger partial charge in [0.25, 0.3) is 0 Å². The Morgan fingerprint density at radius 2 is 2.20 bits per heavy atom. The number of carbonyl (C=O) groups is 1. The summed E-state index contributed by atoms with van der Waals surface area (Å²) >= 11 is 3.74. The molecule has 6 heteroatoms. The van der Waals surface area contributed by atoms with Gasteiger partial charge in [0.15, 0.2) is 0 Å². The zero-order valence-electron chi connectivity index (χ0n) is 14.6. The van der Waals surface area contributed by atoms with E-state index in [1.807, 2.05) is 18.5 Å². The van der Waals surface area contributed by atoms with E-state index < -0.39 is 0 Å². The lowest BCUT2D eigenvalue weighted by atomic mass is 9.83. The van der Waals surface area contributed by atoms with Crippen LogP contribution in [0.5, 0.6) is 0 Å². The SMILES string of the molecule is CCN(CC)C(=O)Nn1c(Br)c2c3c(cccc31)C1=CCCN[C@@H]1C2. The number of urea groups is 1. The minimum Gasteiger partial charge on any atom is -0.324 e. The molecular weight excluding hydrogens is 380 g/mol. The molecule has 0 unspecified atom stereocenters. The lowest BCUT2D eigenvalue weighted by molar-refractivity contribution is 0.214. The van der Waals surface area contributed by atoms with Crippen molar-refractivity contribution in [1.29, 1.82) is 0 Å². The van der Waals surface area contributed by atoms with Gasteiger partial charge in [0.1, 0.15) is 4.60 Å². The monoisotopic (exact) mass is 402 g/mol. The first-order chi connectivity index (χ1) is 12.2. The van der Waals surface area contributed by atoms with Crippen LogP contribution in [-0.2, 0) is 6.42 Å². The summed E-state index contributed by atoms with van der Waals surface area (Å²) in [4.78, 5) is 14.4. The molecule has 1 aliphatic heterocycles. The van der Waals surface area contributed by atoms with Gasteiger partial charge >= 0.3 is 6.03 Å². The maximum atomic E-state index is 12.6. The number of hydrogen-bond donors (Lipinski definition) is 2. The van der Waals surface area contributed by atoms with Crippen LogP contribution >= 0.6 is 15.9 Å². The lowest BCUT2D eigenvalue weighted by Gasteiger charge is -2.30. The molecule has 0 saturated carbocycles. The van der Waals surface area contributed by atoms with Gasteiger partial charge in [-0.25, -0.2) is 14.9 Å². The van der Waals surface area contributed by atoms with Crippen molar-refractivity contribution < 1.29 is 4.79 Å². The number of hydrogen-bond acceptors (Lipinski definition) is 2. The molecule has 0 saturated heterocycles. The second-order valence-electron chi connectivity index (χ2n) is 6.55. The standard InChI is InChI=1S/C19H23BrN4O/c1-3-23(4-2)19(25)22-24-16-9-5-7-13-12-8-6-10-21-15(12)11-14(17(13)16)18(24)20/h5,7-9,15,21H,3-4,6,10-11H2,1-2H3,(H,22,25)/t15-/m1/s1. The molecule has 1 aromatic heterocycles. The van der Waals surface area contributed by atoms with Gasteiger partial charge in [-0.05, 0) is 71.9 Å². The number of benzene rings is 1. The molecule has 0 spiro atoms. The average Bonchev–Trinajstić information content (AvgIpc) is 2.90. The van der Waals surface area contributed by atoms with Crippen molar-refractivity contribution in [3.05, 3.63) is 40.0 Å². The van der Waals surface area contributed by atoms with Crippen molar-refractivity contribution in [2.45, 2.75) is 32.7 Å². The molecule has 0 fully saturated rings. The van der Waals surface area contributed by atoms with E-state index in [1.54, 1.807) is 4.90 Å². The van der Waals surface area contributed by atoms with Crippen molar-refractivity contribution >= 4 is 38.4 Å². The Bertz CT molecular complexity index is 866. The van der Waals surface area contributed by atoms with Gasteiger partial charge in [-0.1, -0.05) is 18.2 Å². The van der Waals surface area contributed by atoms with Crippen LogP contribution in [0.3, 0.4) is 0 Å². The van der Waals surface area contributed by atoms with E-state index in [0.717, 1.165) is 29.5 Å². The predicted molar refractivity (Wildman–Crippen MR) is 105 cm³/mol.